The van der Waals surface area contributed by atoms with Crippen molar-refractivity contribution in [1.82, 2.24) is 26.3 Å². The fourth-order valence-corrected chi connectivity index (χ4v) is 4.38. The van der Waals surface area contributed by atoms with Crippen molar-refractivity contribution in [1.29, 1.82) is 0 Å². The van der Waals surface area contributed by atoms with Crippen molar-refractivity contribution in [3.05, 3.63) is 16.1 Å². The lowest BCUT2D eigenvalue weighted by atomic mass is 10.0. The van der Waals surface area contributed by atoms with Crippen molar-refractivity contribution in [3.8, 4) is 0 Å². The van der Waals surface area contributed by atoms with E-state index in [0.29, 0.717) is 17.8 Å². The SMILES string of the molecule is CC(=O)N[C@H](CC(N)=O)C(=O)N[C@@H](C)CCC(=O)CC(=O)NC1(C(=O)CC(=O)NCc2nc(C(=O)O)cs2)CC1. The number of hydrogen-bond acceptors (Lipinski definition) is 10. The van der Waals surface area contributed by atoms with Gasteiger partial charge < -0.3 is 32.1 Å². The zero-order chi connectivity index (χ0) is 30.0. The maximum absolute atomic E-state index is 12.6. The van der Waals surface area contributed by atoms with E-state index in [-0.39, 0.29) is 25.1 Å². The monoisotopic (exact) mass is 580 g/mol. The smallest absolute Gasteiger partial charge is 0.355 e. The van der Waals surface area contributed by atoms with Crippen LogP contribution in [-0.2, 0) is 40.1 Å². The molecule has 5 amide bonds. The third-order valence-corrected chi connectivity index (χ3v) is 6.74. The Hall–Kier alpha value is -4.21. The largest absolute Gasteiger partial charge is 0.476 e. The summed E-state index contributed by atoms with van der Waals surface area (Å²) in [5.41, 5.74) is 3.76. The van der Waals surface area contributed by atoms with Gasteiger partial charge in [-0.1, -0.05) is 0 Å². The maximum Gasteiger partial charge on any atom is 0.355 e. The number of carboxylic acids is 1. The number of aromatic carboxylic acids is 1. The Morgan fingerprint density at radius 1 is 1.07 bits per heavy atom. The van der Waals surface area contributed by atoms with Crippen LogP contribution in [0.1, 0.15) is 74.3 Å². The molecule has 218 valence electrons. The third-order valence-electron chi connectivity index (χ3n) is 5.89. The van der Waals surface area contributed by atoms with Crippen LogP contribution in [0.2, 0.25) is 0 Å². The van der Waals surface area contributed by atoms with Crippen molar-refractivity contribution < 1.29 is 43.5 Å². The predicted octanol–water partition coefficient (Wildman–Crippen LogP) is -1.31. The Kier molecular flexibility index (Phi) is 11.4. The second kappa shape index (κ2) is 14.3. The highest BCUT2D eigenvalue weighted by molar-refractivity contribution is 7.09. The summed E-state index contributed by atoms with van der Waals surface area (Å²) < 4.78 is 0. The molecule has 1 aromatic rings. The van der Waals surface area contributed by atoms with Crippen molar-refractivity contribution in [2.75, 3.05) is 0 Å². The Bertz CT molecular complexity index is 1180. The molecular weight excluding hydrogens is 548 g/mol. The summed E-state index contributed by atoms with van der Waals surface area (Å²) in [5, 5.41) is 20.5. The minimum absolute atomic E-state index is 0.0458. The van der Waals surface area contributed by atoms with Crippen LogP contribution in [0, 0.1) is 0 Å². The van der Waals surface area contributed by atoms with Gasteiger partial charge in [-0.2, -0.15) is 0 Å². The molecule has 0 unspecified atom stereocenters. The van der Waals surface area contributed by atoms with E-state index in [9.17, 15) is 38.4 Å². The summed E-state index contributed by atoms with van der Waals surface area (Å²) in [6.07, 6.45) is -0.600. The Labute approximate surface area is 233 Å². The van der Waals surface area contributed by atoms with Gasteiger partial charge in [-0.05, 0) is 26.2 Å². The molecule has 0 aliphatic heterocycles. The number of ketones is 2. The summed E-state index contributed by atoms with van der Waals surface area (Å²) in [6, 6.07) is -1.66. The zero-order valence-electron chi connectivity index (χ0n) is 22.0. The number of carbonyl (C=O) groups is 8. The molecule has 0 aromatic carbocycles. The molecule has 0 radical (unpaired) electrons. The van der Waals surface area contributed by atoms with Crippen molar-refractivity contribution in [2.45, 2.75) is 83.0 Å². The van der Waals surface area contributed by atoms with Crippen molar-refractivity contribution in [2.24, 2.45) is 5.73 Å². The molecule has 7 N–H and O–H groups in total. The van der Waals surface area contributed by atoms with Crippen LogP contribution < -0.4 is 27.0 Å². The number of carbonyl (C=O) groups excluding carboxylic acids is 7. The highest BCUT2D eigenvalue weighted by atomic mass is 32.1. The van der Waals surface area contributed by atoms with Crippen LogP contribution >= 0.6 is 11.3 Å². The molecule has 15 nitrogen and oxygen atoms in total. The number of Topliss-reactive ketones (excluding diaryl/α,β-unsaturated/α-hetero) is 2. The van der Waals surface area contributed by atoms with E-state index in [4.69, 9.17) is 10.8 Å². The maximum atomic E-state index is 12.6. The van der Waals surface area contributed by atoms with Crippen molar-refractivity contribution >= 4 is 58.4 Å². The number of nitrogens with two attached hydrogens (primary N) is 1. The second-order valence-corrected chi connectivity index (χ2v) is 10.5. The van der Waals surface area contributed by atoms with E-state index in [1.807, 2.05) is 0 Å². The normalized spacial score (nSPS) is 14.7. The molecule has 0 spiro atoms. The second-order valence-electron chi connectivity index (χ2n) is 9.53. The number of carboxylic acid groups (broad SMARTS) is 1. The van der Waals surface area contributed by atoms with Crippen LogP contribution in [-0.4, -0.2) is 74.8 Å². The number of amides is 5. The first-order chi connectivity index (χ1) is 18.7. The summed E-state index contributed by atoms with van der Waals surface area (Å²) in [7, 11) is 0. The van der Waals surface area contributed by atoms with Crippen LogP contribution in [0.3, 0.4) is 0 Å². The minimum atomic E-state index is -1.20. The molecule has 1 fully saturated rings. The van der Waals surface area contributed by atoms with E-state index in [2.05, 4.69) is 26.3 Å². The number of thiazole rings is 1. The molecule has 1 heterocycles. The van der Waals surface area contributed by atoms with Crippen LogP contribution in [0.15, 0.2) is 5.38 Å². The molecule has 1 aliphatic rings. The number of primary amides is 1. The van der Waals surface area contributed by atoms with Gasteiger partial charge in [0.1, 0.15) is 16.8 Å². The molecule has 16 heteroatoms. The topological polar surface area (TPSA) is 244 Å². The van der Waals surface area contributed by atoms with Crippen LogP contribution in [0.4, 0.5) is 0 Å². The van der Waals surface area contributed by atoms with E-state index in [1.54, 1.807) is 6.92 Å². The lowest BCUT2D eigenvalue weighted by Gasteiger charge is -2.20. The Morgan fingerprint density at radius 3 is 2.30 bits per heavy atom. The number of aromatic nitrogens is 1. The number of nitrogens with one attached hydrogen (secondary N) is 4. The fourth-order valence-electron chi connectivity index (χ4n) is 3.67. The zero-order valence-corrected chi connectivity index (χ0v) is 22.9. The van der Waals surface area contributed by atoms with E-state index in [1.165, 1.54) is 12.3 Å². The molecule has 40 heavy (non-hydrogen) atoms. The lowest BCUT2D eigenvalue weighted by Crippen LogP contribution is -2.50. The average molecular weight is 581 g/mol. The first kappa shape index (κ1) is 32.0. The molecule has 0 saturated heterocycles. The molecular formula is C24H32N6O9S. The molecule has 2 atom stereocenters. The molecule has 1 aromatic heterocycles. The van der Waals surface area contributed by atoms with E-state index < -0.39 is 84.0 Å². The molecule has 1 aliphatic carbocycles. The summed E-state index contributed by atoms with van der Waals surface area (Å²) in [5.74, 6) is -5.33. The Morgan fingerprint density at radius 2 is 1.75 bits per heavy atom. The Balaban J connectivity index is 1.74. The summed E-state index contributed by atoms with van der Waals surface area (Å²) >= 11 is 1.05. The number of nitrogens with zero attached hydrogens (tertiary/aromatic N) is 1. The van der Waals surface area contributed by atoms with Gasteiger partial charge in [0.15, 0.2) is 11.5 Å². The van der Waals surface area contributed by atoms with Gasteiger partial charge in [0.25, 0.3) is 0 Å². The third kappa shape index (κ3) is 10.5. The van der Waals surface area contributed by atoms with Crippen LogP contribution in [0.25, 0.3) is 0 Å². The quantitative estimate of drug-likeness (QED) is 0.119. The summed E-state index contributed by atoms with van der Waals surface area (Å²) in [6.45, 7) is 2.75. The standard InChI is InChI=1S/C24H32N6O9S/c1-12(27-22(37)15(8-18(25)34)28-13(2)31)3-4-14(32)7-20(36)30-24(5-6-24)17(33)9-19(35)26-10-21-29-16(11-40-21)23(38)39/h11-12,15H,3-10H2,1-2H3,(H2,25,34)(H,26,35)(H,27,37)(H,28,31)(H,30,36)(H,38,39)/t12-,15+/m0/s1. The van der Waals surface area contributed by atoms with Gasteiger partial charge in [-0.15, -0.1) is 11.3 Å². The highest BCUT2D eigenvalue weighted by Gasteiger charge is 2.50. The highest BCUT2D eigenvalue weighted by Crippen LogP contribution is 2.37. The van der Waals surface area contributed by atoms with E-state index in [0.717, 1.165) is 11.3 Å². The summed E-state index contributed by atoms with van der Waals surface area (Å²) in [4.78, 5) is 98.9. The minimum Gasteiger partial charge on any atom is -0.476 e. The van der Waals surface area contributed by atoms with Gasteiger partial charge in [0, 0.05) is 24.8 Å². The van der Waals surface area contributed by atoms with Gasteiger partial charge in [0.05, 0.1) is 31.3 Å². The lowest BCUT2D eigenvalue weighted by molar-refractivity contribution is -0.135. The van der Waals surface area contributed by atoms with Gasteiger partial charge in [-0.3, -0.25) is 33.6 Å². The average Bonchev–Trinajstić information content (AvgIpc) is 3.45. The van der Waals surface area contributed by atoms with Gasteiger partial charge >= 0.3 is 5.97 Å². The van der Waals surface area contributed by atoms with E-state index >= 15 is 0 Å². The van der Waals surface area contributed by atoms with Crippen LogP contribution in [0.5, 0.6) is 0 Å². The molecule has 2 rings (SSSR count). The van der Waals surface area contributed by atoms with Gasteiger partial charge in [0.2, 0.25) is 29.5 Å². The first-order valence-corrected chi connectivity index (χ1v) is 13.2. The van der Waals surface area contributed by atoms with Gasteiger partial charge in [-0.25, -0.2) is 9.78 Å². The predicted molar refractivity (Wildman–Crippen MR) is 139 cm³/mol. The first-order valence-electron chi connectivity index (χ1n) is 12.4. The van der Waals surface area contributed by atoms with Crippen molar-refractivity contribution in [3.63, 3.8) is 0 Å². The number of hydrogen-bond donors (Lipinski definition) is 6. The number of rotatable bonds is 17. The fraction of sp³-hybridized carbons (Fsp3) is 0.542. The molecule has 1 saturated carbocycles. The molecule has 0 bridgehead atoms.